The lowest BCUT2D eigenvalue weighted by Gasteiger charge is -2.24. The third-order valence-corrected chi connectivity index (χ3v) is 2.76. The molecular weight excluding hydrogens is 269 g/mol. The van der Waals surface area contributed by atoms with Crippen LogP contribution in [0.1, 0.15) is 0 Å². The van der Waals surface area contributed by atoms with E-state index in [9.17, 15) is 30.4 Å². The molecule has 0 radical (unpaired) electrons. The second-order valence-electron chi connectivity index (χ2n) is 3.09. The summed E-state index contributed by atoms with van der Waals surface area (Å²) < 4.78 is 83.9. The highest BCUT2D eigenvalue weighted by molar-refractivity contribution is 7.92. The van der Waals surface area contributed by atoms with E-state index in [2.05, 4.69) is 0 Å². The summed E-state index contributed by atoms with van der Waals surface area (Å²) in [7, 11) is -4.77. The summed E-state index contributed by atoms with van der Waals surface area (Å²) in [5.41, 5.74) is -1.28. The molecule has 0 aliphatic heterocycles. The molecule has 0 atom stereocenters. The van der Waals surface area contributed by atoms with Gasteiger partial charge < -0.3 is 0 Å². The second kappa shape index (κ2) is 4.13. The fourth-order valence-electron chi connectivity index (χ4n) is 1.15. The lowest BCUT2D eigenvalue weighted by atomic mass is 10.3. The first-order valence-corrected chi connectivity index (χ1v) is 5.90. The Morgan fingerprint density at radius 3 is 2.06 bits per heavy atom. The largest absolute Gasteiger partial charge is 0.498 e. The summed E-state index contributed by atoms with van der Waals surface area (Å²) in [6.07, 6.45) is -5.06. The number of halogens is 5. The summed E-state index contributed by atoms with van der Waals surface area (Å²) in [6, 6.07) is 1.10. The molecule has 0 unspecified atom stereocenters. The van der Waals surface area contributed by atoms with Crippen molar-refractivity contribution in [2.45, 2.75) is 6.30 Å². The normalized spacial score (nSPS) is 12.6. The Balaban J connectivity index is 3.44. The van der Waals surface area contributed by atoms with Crippen LogP contribution in [-0.2, 0) is 10.0 Å². The first-order chi connectivity index (χ1) is 7.53. The van der Waals surface area contributed by atoms with Gasteiger partial charge in [-0.05, 0) is 12.1 Å². The van der Waals surface area contributed by atoms with Gasteiger partial charge in [-0.2, -0.15) is 4.31 Å². The van der Waals surface area contributed by atoms with Crippen molar-refractivity contribution >= 4 is 15.7 Å². The molecule has 0 aliphatic carbocycles. The van der Waals surface area contributed by atoms with Crippen LogP contribution in [0.5, 0.6) is 0 Å². The Hall–Kier alpha value is -1.38. The fourth-order valence-corrected chi connectivity index (χ4v) is 2.03. The third-order valence-electron chi connectivity index (χ3n) is 1.69. The Morgan fingerprint density at radius 2 is 1.71 bits per heavy atom. The molecule has 0 aromatic heterocycles. The maximum Gasteiger partial charge on any atom is 0.498 e. The molecule has 17 heavy (non-hydrogen) atoms. The SMILES string of the molecule is CS(=O)(=O)N(c1ccc(F)cc1F)C(F)(F)F. The summed E-state index contributed by atoms with van der Waals surface area (Å²) in [5.74, 6) is -2.73. The predicted molar refractivity (Wildman–Crippen MR) is 49.7 cm³/mol. The molecule has 96 valence electrons. The van der Waals surface area contributed by atoms with Crippen molar-refractivity contribution in [1.82, 2.24) is 0 Å². The van der Waals surface area contributed by atoms with Gasteiger partial charge in [0.15, 0.2) is 5.82 Å². The summed E-state index contributed by atoms with van der Waals surface area (Å²) in [5, 5.41) is 0. The van der Waals surface area contributed by atoms with Gasteiger partial charge in [0.25, 0.3) is 0 Å². The predicted octanol–water partition coefficient (Wildman–Crippen LogP) is 2.25. The number of anilines is 1. The fraction of sp³-hybridized carbons (Fsp3) is 0.250. The molecule has 0 heterocycles. The highest BCUT2D eigenvalue weighted by Gasteiger charge is 2.45. The van der Waals surface area contributed by atoms with Gasteiger partial charge in [0.05, 0.1) is 11.9 Å². The minimum Gasteiger partial charge on any atom is -0.207 e. The number of sulfonamides is 1. The number of hydrogen-bond donors (Lipinski definition) is 0. The second-order valence-corrected chi connectivity index (χ2v) is 4.92. The monoisotopic (exact) mass is 275 g/mol. The highest BCUT2D eigenvalue weighted by atomic mass is 32.2. The van der Waals surface area contributed by atoms with E-state index in [0.717, 1.165) is 0 Å². The lowest BCUT2D eigenvalue weighted by molar-refractivity contribution is -0.115. The maximum absolute atomic E-state index is 13.1. The van der Waals surface area contributed by atoms with Gasteiger partial charge in [0, 0.05) is 6.07 Å². The van der Waals surface area contributed by atoms with E-state index in [1.165, 1.54) is 0 Å². The van der Waals surface area contributed by atoms with E-state index in [1.807, 2.05) is 0 Å². The average molecular weight is 275 g/mol. The van der Waals surface area contributed by atoms with Crippen molar-refractivity contribution in [3.05, 3.63) is 29.8 Å². The van der Waals surface area contributed by atoms with Crippen molar-refractivity contribution in [1.29, 1.82) is 0 Å². The molecule has 9 heteroatoms. The van der Waals surface area contributed by atoms with Crippen molar-refractivity contribution < 1.29 is 30.4 Å². The topological polar surface area (TPSA) is 37.4 Å². The molecule has 1 aromatic rings. The van der Waals surface area contributed by atoms with E-state index in [0.29, 0.717) is 12.1 Å². The van der Waals surface area contributed by atoms with Gasteiger partial charge in [0.2, 0.25) is 10.0 Å². The number of hydrogen-bond acceptors (Lipinski definition) is 2. The van der Waals surface area contributed by atoms with Crippen molar-refractivity contribution in [3.8, 4) is 0 Å². The molecular formula is C8H6F5NO2S. The number of benzene rings is 1. The van der Waals surface area contributed by atoms with Crippen LogP contribution < -0.4 is 4.31 Å². The van der Waals surface area contributed by atoms with Crippen LogP contribution in [0.15, 0.2) is 18.2 Å². The van der Waals surface area contributed by atoms with Crippen molar-refractivity contribution in [2.24, 2.45) is 0 Å². The van der Waals surface area contributed by atoms with Crippen LogP contribution in [0, 0.1) is 11.6 Å². The molecule has 1 rings (SSSR count). The minimum atomic E-state index is -5.33. The Morgan fingerprint density at radius 1 is 1.18 bits per heavy atom. The van der Waals surface area contributed by atoms with Crippen LogP contribution in [0.25, 0.3) is 0 Å². The van der Waals surface area contributed by atoms with Gasteiger partial charge in [-0.15, -0.1) is 13.2 Å². The molecule has 1 aromatic carbocycles. The van der Waals surface area contributed by atoms with Crippen LogP contribution in [-0.4, -0.2) is 21.0 Å². The Kier molecular flexibility index (Phi) is 3.33. The molecule has 0 aliphatic rings. The van der Waals surface area contributed by atoms with Gasteiger partial charge >= 0.3 is 6.30 Å². The maximum atomic E-state index is 13.1. The molecule has 3 nitrogen and oxygen atoms in total. The number of rotatable bonds is 2. The summed E-state index contributed by atoms with van der Waals surface area (Å²) in [6.45, 7) is 0. The minimum absolute atomic E-state index is 0.166. The molecule has 0 amide bonds. The first kappa shape index (κ1) is 13.7. The molecule has 0 fully saturated rings. The zero-order valence-electron chi connectivity index (χ0n) is 8.29. The average Bonchev–Trinajstić information content (AvgIpc) is 2.04. The zero-order chi connectivity index (χ0) is 13.4. The van der Waals surface area contributed by atoms with Crippen LogP contribution in [0.3, 0.4) is 0 Å². The summed E-state index contributed by atoms with van der Waals surface area (Å²) in [4.78, 5) is 0. The van der Waals surface area contributed by atoms with E-state index in [4.69, 9.17) is 0 Å². The first-order valence-electron chi connectivity index (χ1n) is 4.05. The van der Waals surface area contributed by atoms with E-state index in [-0.39, 0.29) is 12.3 Å². The van der Waals surface area contributed by atoms with E-state index >= 15 is 0 Å². The smallest absolute Gasteiger partial charge is 0.207 e. The van der Waals surface area contributed by atoms with Gasteiger partial charge in [0.1, 0.15) is 5.82 Å². The van der Waals surface area contributed by atoms with Gasteiger partial charge in [-0.25, -0.2) is 17.2 Å². The number of nitrogens with zero attached hydrogens (tertiary/aromatic N) is 1. The molecule has 0 saturated carbocycles. The van der Waals surface area contributed by atoms with Crippen LogP contribution >= 0.6 is 0 Å². The molecule has 0 saturated heterocycles. The quantitative estimate of drug-likeness (QED) is 0.613. The van der Waals surface area contributed by atoms with Crippen LogP contribution in [0.2, 0.25) is 0 Å². The summed E-state index contributed by atoms with van der Waals surface area (Å²) >= 11 is 0. The van der Waals surface area contributed by atoms with E-state index in [1.54, 1.807) is 0 Å². The molecule has 0 N–H and O–H groups in total. The Bertz CT molecular complexity index is 525. The van der Waals surface area contributed by atoms with Gasteiger partial charge in [-0.3, -0.25) is 0 Å². The van der Waals surface area contributed by atoms with Crippen molar-refractivity contribution in [2.75, 3.05) is 10.6 Å². The van der Waals surface area contributed by atoms with Crippen molar-refractivity contribution in [3.63, 3.8) is 0 Å². The Labute approximate surface area is 93.5 Å². The standard InChI is InChI=1S/C8H6F5NO2S/c1-17(15,16)14(8(11,12)13)7-3-2-5(9)4-6(7)10/h2-4H,1H3. The van der Waals surface area contributed by atoms with Crippen LogP contribution in [0.4, 0.5) is 27.6 Å². The molecule has 0 bridgehead atoms. The number of alkyl halides is 3. The zero-order valence-corrected chi connectivity index (χ0v) is 9.11. The van der Waals surface area contributed by atoms with Gasteiger partial charge in [-0.1, -0.05) is 0 Å². The van der Waals surface area contributed by atoms with E-state index < -0.39 is 38.0 Å². The third kappa shape index (κ3) is 3.05. The lowest BCUT2D eigenvalue weighted by Crippen LogP contribution is -2.42. The highest BCUT2D eigenvalue weighted by Crippen LogP contribution is 2.33. The molecule has 0 spiro atoms.